The molecule has 0 unspecified atom stereocenters. The number of hydrogen-bond donors (Lipinski definition) is 1. The summed E-state index contributed by atoms with van der Waals surface area (Å²) in [6.45, 7) is 5.92. The lowest BCUT2D eigenvalue weighted by Crippen LogP contribution is -2.35. The molecular weight excluding hydrogens is 340 g/mol. The molecule has 2 rings (SSSR count). The van der Waals surface area contributed by atoms with Crippen LogP contribution in [0.5, 0.6) is 5.75 Å². The summed E-state index contributed by atoms with van der Waals surface area (Å²) in [7, 11) is -3.43. The number of nitrogens with one attached hydrogen (secondary N) is 1. The molecule has 1 N–H and O–H groups in total. The molecule has 1 heterocycles. The van der Waals surface area contributed by atoms with Gasteiger partial charge in [0.1, 0.15) is 5.75 Å². The van der Waals surface area contributed by atoms with Crippen LogP contribution < -0.4 is 10.1 Å². The van der Waals surface area contributed by atoms with Gasteiger partial charge in [0.15, 0.2) is 6.61 Å². The number of ether oxygens (including phenoxy) is 1. The molecule has 0 aliphatic carbocycles. The molecule has 1 aromatic carbocycles. The van der Waals surface area contributed by atoms with E-state index in [1.165, 1.54) is 16.4 Å². The summed E-state index contributed by atoms with van der Waals surface area (Å²) < 4.78 is 32.1. The molecule has 1 amide bonds. The highest BCUT2D eigenvalue weighted by Crippen LogP contribution is 2.22. The maximum atomic E-state index is 12.6. The second-order valence-electron chi connectivity index (χ2n) is 6.76. The van der Waals surface area contributed by atoms with Crippen LogP contribution in [0.1, 0.15) is 39.5 Å². The number of benzene rings is 1. The highest BCUT2D eigenvalue weighted by molar-refractivity contribution is 7.89. The van der Waals surface area contributed by atoms with Gasteiger partial charge in [-0.15, -0.1) is 0 Å². The molecule has 1 saturated heterocycles. The molecule has 0 bridgehead atoms. The Bertz CT molecular complexity index is 650. The highest BCUT2D eigenvalue weighted by Gasteiger charge is 2.25. The van der Waals surface area contributed by atoms with E-state index in [0.29, 0.717) is 31.3 Å². The van der Waals surface area contributed by atoms with Crippen molar-refractivity contribution in [2.75, 3.05) is 26.2 Å². The van der Waals surface area contributed by atoms with Crippen LogP contribution >= 0.6 is 0 Å². The minimum absolute atomic E-state index is 0.0731. The van der Waals surface area contributed by atoms with Gasteiger partial charge in [-0.05, 0) is 49.4 Å². The van der Waals surface area contributed by atoms with Crippen molar-refractivity contribution in [3.63, 3.8) is 0 Å². The normalized spacial score (nSPS) is 16.0. The molecule has 0 aromatic heterocycles. The van der Waals surface area contributed by atoms with Crippen molar-refractivity contribution in [1.82, 2.24) is 9.62 Å². The van der Waals surface area contributed by atoms with E-state index < -0.39 is 10.0 Å². The summed E-state index contributed by atoms with van der Waals surface area (Å²) in [4.78, 5) is 12.0. The first-order valence-corrected chi connectivity index (χ1v) is 10.3. The Balaban J connectivity index is 1.86. The van der Waals surface area contributed by atoms with Gasteiger partial charge >= 0.3 is 0 Å². The van der Waals surface area contributed by atoms with E-state index >= 15 is 0 Å². The Morgan fingerprint density at radius 1 is 1.16 bits per heavy atom. The average Bonchev–Trinajstić information content (AvgIpc) is 2.61. The Morgan fingerprint density at radius 2 is 1.80 bits per heavy atom. The van der Waals surface area contributed by atoms with E-state index in [2.05, 4.69) is 19.2 Å². The molecule has 0 spiro atoms. The topological polar surface area (TPSA) is 75.7 Å². The number of hydrogen-bond acceptors (Lipinski definition) is 4. The van der Waals surface area contributed by atoms with E-state index in [1.807, 2.05) is 0 Å². The van der Waals surface area contributed by atoms with Gasteiger partial charge in [-0.2, -0.15) is 4.31 Å². The number of carbonyl (C=O) groups excluding carboxylic acids is 1. The molecule has 25 heavy (non-hydrogen) atoms. The van der Waals surface area contributed by atoms with Crippen molar-refractivity contribution in [3.8, 4) is 5.75 Å². The van der Waals surface area contributed by atoms with Crippen molar-refractivity contribution >= 4 is 15.9 Å². The average molecular weight is 368 g/mol. The molecule has 0 radical (unpaired) electrons. The predicted molar refractivity (Wildman–Crippen MR) is 97.0 cm³/mol. The third-order valence-corrected chi connectivity index (χ3v) is 6.10. The molecule has 0 atom stereocenters. The summed E-state index contributed by atoms with van der Waals surface area (Å²) in [5, 5.41) is 2.80. The number of sulfonamides is 1. The third kappa shape index (κ3) is 6.01. The van der Waals surface area contributed by atoms with Crippen molar-refractivity contribution in [2.24, 2.45) is 5.92 Å². The van der Waals surface area contributed by atoms with Gasteiger partial charge in [-0.1, -0.05) is 20.3 Å². The monoisotopic (exact) mass is 368 g/mol. The maximum absolute atomic E-state index is 12.6. The maximum Gasteiger partial charge on any atom is 0.257 e. The molecule has 1 fully saturated rings. The van der Waals surface area contributed by atoms with Crippen LogP contribution in [0.3, 0.4) is 0 Å². The van der Waals surface area contributed by atoms with Gasteiger partial charge in [0.2, 0.25) is 10.0 Å². The molecule has 0 saturated carbocycles. The van der Waals surface area contributed by atoms with Crippen LogP contribution in [0.4, 0.5) is 0 Å². The van der Waals surface area contributed by atoms with E-state index in [4.69, 9.17) is 4.74 Å². The van der Waals surface area contributed by atoms with E-state index in [1.54, 1.807) is 12.1 Å². The number of piperidine rings is 1. The fraction of sp³-hybridized carbons (Fsp3) is 0.611. The second-order valence-corrected chi connectivity index (χ2v) is 8.70. The highest BCUT2D eigenvalue weighted by atomic mass is 32.2. The first-order valence-electron chi connectivity index (χ1n) is 8.89. The molecular formula is C18H28N2O4S. The lowest BCUT2D eigenvalue weighted by atomic mass is 10.1. The van der Waals surface area contributed by atoms with E-state index in [0.717, 1.165) is 25.7 Å². The van der Waals surface area contributed by atoms with Crippen LogP contribution in [0.25, 0.3) is 0 Å². The summed E-state index contributed by atoms with van der Waals surface area (Å²) >= 11 is 0. The zero-order chi connectivity index (χ0) is 18.3. The Morgan fingerprint density at radius 3 is 2.40 bits per heavy atom. The first-order chi connectivity index (χ1) is 11.9. The lowest BCUT2D eigenvalue weighted by molar-refractivity contribution is -0.123. The second kappa shape index (κ2) is 9.20. The standard InChI is InChI=1S/C18H28N2O4S/c1-15(2)10-11-19-18(21)14-24-16-6-8-17(9-7-16)25(22,23)20-12-4-3-5-13-20/h6-9,15H,3-5,10-14H2,1-2H3,(H,19,21). The number of carbonyl (C=O) groups is 1. The largest absolute Gasteiger partial charge is 0.484 e. The Hall–Kier alpha value is -1.60. The number of amides is 1. The van der Waals surface area contributed by atoms with Crippen LogP contribution in [0, 0.1) is 5.92 Å². The third-order valence-electron chi connectivity index (χ3n) is 4.19. The van der Waals surface area contributed by atoms with Crippen LogP contribution in [0.2, 0.25) is 0 Å². The molecule has 7 heteroatoms. The minimum atomic E-state index is -3.43. The predicted octanol–water partition coefficient (Wildman–Crippen LogP) is 2.40. The zero-order valence-electron chi connectivity index (χ0n) is 15.0. The smallest absolute Gasteiger partial charge is 0.257 e. The van der Waals surface area contributed by atoms with Crippen LogP contribution in [-0.4, -0.2) is 44.9 Å². The summed E-state index contributed by atoms with van der Waals surface area (Å²) in [5.41, 5.74) is 0. The van der Waals surface area contributed by atoms with Crippen LogP contribution in [-0.2, 0) is 14.8 Å². The van der Waals surface area contributed by atoms with E-state index in [9.17, 15) is 13.2 Å². The number of rotatable bonds is 8. The SMILES string of the molecule is CC(C)CCNC(=O)COc1ccc(S(=O)(=O)N2CCCCC2)cc1. The fourth-order valence-electron chi connectivity index (χ4n) is 2.66. The van der Waals surface area contributed by atoms with Crippen molar-refractivity contribution in [2.45, 2.75) is 44.4 Å². The van der Waals surface area contributed by atoms with Gasteiger partial charge < -0.3 is 10.1 Å². The molecule has 6 nitrogen and oxygen atoms in total. The summed E-state index contributed by atoms with van der Waals surface area (Å²) in [6.07, 6.45) is 3.82. The van der Waals surface area contributed by atoms with Crippen molar-refractivity contribution in [3.05, 3.63) is 24.3 Å². The van der Waals surface area contributed by atoms with Gasteiger partial charge in [0.05, 0.1) is 4.90 Å². The Labute approximate surface area is 150 Å². The molecule has 1 aromatic rings. The van der Waals surface area contributed by atoms with Gasteiger partial charge in [0.25, 0.3) is 5.91 Å². The Kier molecular flexibility index (Phi) is 7.25. The van der Waals surface area contributed by atoms with Crippen LogP contribution in [0.15, 0.2) is 29.2 Å². The molecule has 140 valence electrons. The zero-order valence-corrected chi connectivity index (χ0v) is 15.8. The minimum Gasteiger partial charge on any atom is -0.484 e. The van der Waals surface area contributed by atoms with Crippen molar-refractivity contribution in [1.29, 1.82) is 0 Å². The van der Waals surface area contributed by atoms with Gasteiger partial charge in [0, 0.05) is 19.6 Å². The quantitative estimate of drug-likeness (QED) is 0.764. The first kappa shape index (κ1) is 19.7. The van der Waals surface area contributed by atoms with Gasteiger partial charge in [-0.3, -0.25) is 4.79 Å². The summed E-state index contributed by atoms with van der Waals surface area (Å²) in [6, 6.07) is 6.27. The fourth-order valence-corrected chi connectivity index (χ4v) is 4.18. The lowest BCUT2D eigenvalue weighted by Gasteiger charge is -2.25. The summed E-state index contributed by atoms with van der Waals surface area (Å²) in [5.74, 6) is 0.845. The molecule has 1 aliphatic rings. The van der Waals surface area contributed by atoms with Crippen molar-refractivity contribution < 1.29 is 17.9 Å². The van der Waals surface area contributed by atoms with E-state index in [-0.39, 0.29) is 17.4 Å². The van der Waals surface area contributed by atoms with Gasteiger partial charge in [-0.25, -0.2) is 8.42 Å². The molecule has 1 aliphatic heterocycles. The number of nitrogens with zero attached hydrogens (tertiary/aromatic N) is 1.